The molecule has 0 rings (SSSR count). The summed E-state index contributed by atoms with van der Waals surface area (Å²) >= 11 is 0. The molecule has 0 aliphatic heterocycles. The summed E-state index contributed by atoms with van der Waals surface area (Å²) in [6, 6.07) is 0. The summed E-state index contributed by atoms with van der Waals surface area (Å²) in [7, 11) is 0. The third-order valence-electron chi connectivity index (χ3n) is 5.76. The molecule has 0 bridgehead atoms. The van der Waals surface area contributed by atoms with E-state index in [2.05, 4.69) is 20.8 Å². The molecule has 0 saturated carbocycles. The summed E-state index contributed by atoms with van der Waals surface area (Å²) < 4.78 is 0. The number of hydrogen-bond acceptors (Lipinski definition) is 0. The van der Waals surface area contributed by atoms with Crippen molar-refractivity contribution in [3.05, 3.63) is 0 Å². The third-order valence-corrected chi connectivity index (χ3v) is 5.76. The highest BCUT2D eigenvalue weighted by molar-refractivity contribution is 4.58. The van der Waals surface area contributed by atoms with Gasteiger partial charge >= 0.3 is 0 Å². The second-order valence-corrected chi connectivity index (χ2v) is 8.15. The van der Waals surface area contributed by atoms with E-state index in [1.807, 2.05) is 0 Å². The predicted molar refractivity (Wildman–Crippen MR) is 113 cm³/mol. The van der Waals surface area contributed by atoms with Gasteiger partial charge in [0, 0.05) is 0 Å². The molecule has 0 spiro atoms. The molecule has 0 nitrogen and oxygen atoms in total. The SMILES string of the molecule is CCCCCCCCCCCCCCCCCC(CC)CCCC. The van der Waals surface area contributed by atoms with Gasteiger partial charge in [0.2, 0.25) is 0 Å². The smallest absolute Gasteiger partial charge is 0.0417 e. The minimum atomic E-state index is 1.02. The van der Waals surface area contributed by atoms with Gasteiger partial charge in [0.15, 0.2) is 0 Å². The standard InChI is InChI=1S/C24H50/c1-4-7-9-10-11-12-13-14-15-16-17-18-19-20-21-23-24(6-3)22-8-5-2/h24H,4-23H2,1-3H3. The summed E-state index contributed by atoms with van der Waals surface area (Å²) in [5.74, 6) is 1.02. The van der Waals surface area contributed by atoms with Crippen molar-refractivity contribution in [1.82, 2.24) is 0 Å². The molecule has 0 heterocycles. The predicted octanol–water partition coefficient (Wildman–Crippen LogP) is 9.46. The van der Waals surface area contributed by atoms with Crippen molar-refractivity contribution in [2.24, 2.45) is 5.92 Å². The molecule has 0 aromatic rings. The van der Waals surface area contributed by atoms with Gasteiger partial charge in [0.25, 0.3) is 0 Å². The van der Waals surface area contributed by atoms with Crippen LogP contribution in [-0.4, -0.2) is 0 Å². The maximum absolute atomic E-state index is 2.38. The molecular weight excluding hydrogens is 288 g/mol. The molecule has 0 amide bonds. The van der Waals surface area contributed by atoms with Crippen LogP contribution in [-0.2, 0) is 0 Å². The molecule has 1 atom stereocenters. The lowest BCUT2D eigenvalue weighted by atomic mass is 9.93. The highest BCUT2D eigenvalue weighted by Gasteiger charge is 2.04. The average molecular weight is 339 g/mol. The first-order valence-electron chi connectivity index (χ1n) is 11.8. The van der Waals surface area contributed by atoms with Crippen molar-refractivity contribution in [2.45, 2.75) is 149 Å². The fourth-order valence-electron chi connectivity index (χ4n) is 3.85. The largest absolute Gasteiger partial charge is 0.0654 e. The Morgan fingerprint density at radius 2 is 0.708 bits per heavy atom. The Balaban J connectivity index is 3.12. The molecule has 24 heavy (non-hydrogen) atoms. The molecule has 0 saturated heterocycles. The Bertz CT molecular complexity index is 208. The van der Waals surface area contributed by atoms with E-state index in [4.69, 9.17) is 0 Å². The molecule has 146 valence electrons. The first-order chi connectivity index (χ1) is 11.8. The van der Waals surface area contributed by atoms with E-state index in [0.717, 1.165) is 5.92 Å². The van der Waals surface area contributed by atoms with Crippen LogP contribution in [0.2, 0.25) is 0 Å². The lowest BCUT2D eigenvalue weighted by Crippen LogP contribution is -1.98. The van der Waals surface area contributed by atoms with E-state index in [1.165, 1.54) is 128 Å². The van der Waals surface area contributed by atoms with Crippen molar-refractivity contribution in [3.63, 3.8) is 0 Å². The van der Waals surface area contributed by atoms with E-state index in [9.17, 15) is 0 Å². The van der Waals surface area contributed by atoms with Crippen molar-refractivity contribution in [2.75, 3.05) is 0 Å². The highest BCUT2D eigenvalue weighted by atomic mass is 14.1. The van der Waals surface area contributed by atoms with E-state index in [1.54, 1.807) is 0 Å². The van der Waals surface area contributed by atoms with Crippen LogP contribution in [0.25, 0.3) is 0 Å². The summed E-state index contributed by atoms with van der Waals surface area (Å²) in [4.78, 5) is 0. The Labute approximate surface area is 155 Å². The summed E-state index contributed by atoms with van der Waals surface area (Å²) in [5.41, 5.74) is 0. The Hall–Kier alpha value is 0. The molecular formula is C24H50. The minimum absolute atomic E-state index is 1.02. The van der Waals surface area contributed by atoms with Crippen LogP contribution < -0.4 is 0 Å². The van der Waals surface area contributed by atoms with E-state index in [-0.39, 0.29) is 0 Å². The van der Waals surface area contributed by atoms with Crippen LogP contribution in [0.15, 0.2) is 0 Å². The number of unbranched alkanes of at least 4 members (excludes halogenated alkanes) is 15. The minimum Gasteiger partial charge on any atom is -0.0654 e. The van der Waals surface area contributed by atoms with Crippen molar-refractivity contribution in [3.8, 4) is 0 Å². The topological polar surface area (TPSA) is 0 Å². The molecule has 0 fully saturated rings. The average Bonchev–Trinajstić information content (AvgIpc) is 2.61. The van der Waals surface area contributed by atoms with E-state index < -0.39 is 0 Å². The molecule has 1 unspecified atom stereocenters. The maximum atomic E-state index is 2.38. The van der Waals surface area contributed by atoms with Crippen molar-refractivity contribution < 1.29 is 0 Å². The van der Waals surface area contributed by atoms with Crippen LogP contribution in [0, 0.1) is 5.92 Å². The molecule has 0 radical (unpaired) electrons. The van der Waals surface area contributed by atoms with Crippen LogP contribution in [0.1, 0.15) is 149 Å². The van der Waals surface area contributed by atoms with Crippen LogP contribution in [0.4, 0.5) is 0 Å². The molecule has 0 aromatic heterocycles. The zero-order valence-electron chi connectivity index (χ0n) is 17.7. The Morgan fingerprint density at radius 3 is 1.08 bits per heavy atom. The lowest BCUT2D eigenvalue weighted by Gasteiger charge is -2.13. The summed E-state index contributed by atoms with van der Waals surface area (Å²) in [6.07, 6.45) is 29.3. The number of hydrogen-bond donors (Lipinski definition) is 0. The van der Waals surface area contributed by atoms with Crippen LogP contribution in [0.3, 0.4) is 0 Å². The van der Waals surface area contributed by atoms with Crippen molar-refractivity contribution >= 4 is 0 Å². The maximum Gasteiger partial charge on any atom is -0.0417 e. The van der Waals surface area contributed by atoms with Gasteiger partial charge in [-0.25, -0.2) is 0 Å². The zero-order valence-corrected chi connectivity index (χ0v) is 17.7. The monoisotopic (exact) mass is 338 g/mol. The van der Waals surface area contributed by atoms with E-state index in [0.29, 0.717) is 0 Å². The fourth-order valence-corrected chi connectivity index (χ4v) is 3.85. The molecule has 0 aliphatic carbocycles. The summed E-state index contributed by atoms with van der Waals surface area (Å²) in [5, 5.41) is 0. The first-order valence-corrected chi connectivity index (χ1v) is 11.8. The quantitative estimate of drug-likeness (QED) is 0.194. The van der Waals surface area contributed by atoms with Gasteiger partial charge in [-0.05, 0) is 5.92 Å². The summed E-state index contributed by atoms with van der Waals surface area (Å²) in [6.45, 7) is 7.00. The van der Waals surface area contributed by atoms with Gasteiger partial charge in [0.05, 0.1) is 0 Å². The Morgan fingerprint density at radius 1 is 0.375 bits per heavy atom. The molecule has 0 aromatic carbocycles. The lowest BCUT2D eigenvalue weighted by molar-refractivity contribution is 0.399. The first kappa shape index (κ1) is 24.0. The second-order valence-electron chi connectivity index (χ2n) is 8.15. The molecule has 0 N–H and O–H groups in total. The van der Waals surface area contributed by atoms with Gasteiger partial charge in [-0.2, -0.15) is 0 Å². The molecule has 0 aliphatic rings. The Kier molecular flexibility index (Phi) is 21.0. The zero-order chi connectivity index (χ0) is 17.7. The molecule has 0 heteroatoms. The second kappa shape index (κ2) is 21.0. The van der Waals surface area contributed by atoms with Crippen molar-refractivity contribution in [1.29, 1.82) is 0 Å². The van der Waals surface area contributed by atoms with Gasteiger partial charge in [-0.1, -0.05) is 149 Å². The number of rotatable bonds is 20. The van der Waals surface area contributed by atoms with Gasteiger partial charge in [-0.3, -0.25) is 0 Å². The fraction of sp³-hybridized carbons (Fsp3) is 1.00. The normalized spacial score (nSPS) is 12.6. The van der Waals surface area contributed by atoms with Crippen LogP contribution in [0.5, 0.6) is 0 Å². The van der Waals surface area contributed by atoms with Gasteiger partial charge < -0.3 is 0 Å². The van der Waals surface area contributed by atoms with Gasteiger partial charge in [-0.15, -0.1) is 0 Å². The third kappa shape index (κ3) is 18.3. The van der Waals surface area contributed by atoms with E-state index >= 15 is 0 Å². The highest BCUT2D eigenvalue weighted by Crippen LogP contribution is 2.20. The van der Waals surface area contributed by atoms with Crippen LogP contribution >= 0.6 is 0 Å². The van der Waals surface area contributed by atoms with Gasteiger partial charge in [0.1, 0.15) is 0 Å².